The monoisotopic (exact) mass is 385 g/mol. The number of benzene rings is 3. The second kappa shape index (κ2) is 8.09. The van der Waals surface area contributed by atoms with Crippen molar-refractivity contribution in [2.75, 3.05) is 17.9 Å². The SMILES string of the molecule is CCOC(=O)COc1cccc(NS(=O)(=O)c2ccc3ccccc3c2)c1. The van der Waals surface area contributed by atoms with Crippen molar-refractivity contribution in [1.82, 2.24) is 0 Å². The van der Waals surface area contributed by atoms with Crippen molar-refractivity contribution in [3.05, 3.63) is 66.7 Å². The van der Waals surface area contributed by atoms with Crippen LogP contribution in [-0.2, 0) is 19.6 Å². The summed E-state index contributed by atoms with van der Waals surface area (Å²) in [4.78, 5) is 11.5. The second-order valence-electron chi connectivity index (χ2n) is 5.74. The third kappa shape index (κ3) is 4.77. The summed E-state index contributed by atoms with van der Waals surface area (Å²) in [6, 6.07) is 18.9. The van der Waals surface area contributed by atoms with Crippen molar-refractivity contribution in [1.29, 1.82) is 0 Å². The van der Waals surface area contributed by atoms with Gasteiger partial charge in [0.15, 0.2) is 6.61 Å². The lowest BCUT2D eigenvalue weighted by Gasteiger charge is -2.11. The molecule has 3 rings (SSSR count). The Balaban J connectivity index is 1.76. The first-order chi connectivity index (χ1) is 13.0. The molecule has 0 aromatic heterocycles. The van der Waals surface area contributed by atoms with Crippen LogP contribution in [0.5, 0.6) is 5.75 Å². The predicted molar refractivity (Wildman–Crippen MR) is 103 cm³/mol. The van der Waals surface area contributed by atoms with Crippen LogP contribution in [0.2, 0.25) is 0 Å². The van der Waals surface area contributed by atoms with Gasteiger partial charge >= 0.3 is 5.97 Å². The van der Waals surface area contributed by atoms with Crippen LogP contribution < -0.4 is 9.46 Å². The molecule has 6 nitrogen and oxygen atoms in total. The van der Waals surface area contributed by atoms with Crippen molar-refractivity contribution in [3.8, 4) is 5.75 Å². The number of hydrogen-bond acceptors (Lipinski definition) is 5. The molecule has 0 aliphatic carbocycles. The molecule has 140 valence electrons. The molecule has 0 fully saturated rings. The molecule has 3 aromatic rings. The lowest BCUT2D eigenvalue weighted by atomic mass is 10.1. The van der Waals surface area contributed by atoms with Gasteiger partial charge in [-0.05, 0) is 42.0 Å². The smallest absolute Gasteiger partial charge is 0.344 e. The van der Waals surface area contributed by atoms with Crippen LogP contribution in [0, 0.1) is 0 Å². The summed E-state index contributed by atoms with van der Waals surface area (Å²) in [5, 5.41) is 1.80. The topological polar surface area (TPSA) is 81.7 Å². The van der Waals surface area contributed by atoms with Gasteiger partial charge in [0.1, 0.15) is 5.75 Å². The Morgan fingerprint density at radius 2 is 1.74 bits per heavy atom. The van der Waals surface area contributed by atoms with E-state index in [4.69, 9.17) is 9.47 Å². The highest BCUT2D eigenvalue weighted by atomic mass is 32.2. The van der Waals surface area contributed by atoms with Gasteiger partial charge in [0.25, 0.3) is 10.0 Å². The number of nitrogens with one attached hydrogen (secondary N) is 1. The molecule has 27 heavy (non-hydrogen) atoms. The van der Waals surface area contributed by atoms with Gasteiger partial charge in [-0.25, -0.2) is 13.2 Å². The molecule has 1 N–H and O–H groups in total. The number of fused-ring (bicyclic) bond motifs is 1. The number of ether oxygens (including phenoxy) is 2. The van der Waals surface area contributed by atoms with Gasteiger partial charge in [0.2, 0.25) is 0 Å². The fraction of sp³-hybridized carbons (Fsp3) is 0.150. The first kappa shape index (κ1) is 18.7. The zero-order valence-corrected chi connectivity index (χ0v) is 15.5. The Hall–Kier alpha value is -3.06. The highest BCUT2D eigenvalue weighted by Crippen LogP contribution is 2.23. The number of hydrogen-bond donors (Lipinski definition) is 1. The van der Waals surface area contributed by atoms with E-state index >= 15 is 0 Å². The van der Waals surface area contributed by atoms with Crippen molar-refractivity contribution in [2.24, 2.45) is 0 Å². The van der Waals surface area contributed by atoms with Crippen LogP contribution in [0.3, 0.4) is 0 Å². The molecular weight excluding hydrogens is 366 g/mol. The Morgan fingerprint density at radius 3 is 2.52 bits per heavy atom. The van der Waals surface area contributed by atoms with E-state index < -0.39 is 16.0 Å². The summed E-state index contributed by atoms with van der Waals surface area (Å²) in [6.07, 6.45) is 0. The summed E-state index contributed by atoms with van der Waals surface area (Å²) in [5.74, 6) is -0.124. The van der Waals surface area contributed by atoms with Crippen LogP contribution in [0.4, 0.5) is 5.69 Å². The quantitative estimate of drug-likeness (QED) is 0.629. The van der Waals surface area contributed by atoms with Crippen LogP contribution in [0.25, 0.3) is 10.8 Å². The van der Waals surface area contributed by atoms with Crippen molar-refractivity contribution in [3.63, 3.8) is 0 Å². The fourth-order valence-corrected chi connectivity index (χ4v) is 3.63. The van der Waals surface area contributed by atoms with Crippen LogP contribution in [0.1, 0.15) is 6.92 Å². The van der Waals surface area contributed by atoms with E-state index in [0.717, 1.165) is 10.8 Å². The third-order valence-corrected chi connectivity index (χ3v) is 5.16. The molecule has 0 spiro atoms. The molecular formula is C20H19NO5S. The minimum absolute atomic E-state index is 0.166. The van der Waals surface area contributed by atoms with Gasteiger partial charge in [-0.2, -0.15) is 0 Å². The van der Waals surface area contributed by atoms with Crippen molar-refractivity contribution in [2.45, 2.75) is 11.8 Å². The molecule has 0 aliphatic heterocycles. The minimum Gasteiger partial charge on any atom is -0.482 e. The van der Waals surface area contributed by atoms with Gasteiger partial charge in [0.05, 0.1) is 17.2 Å². The number of carbonyl (C=O) groups excluding carboxylic acids is 1. The second-order valence-corrected chi connectivity index (χ2v) is 7.42. The lowest BCUT2D eigenvalue weighted by molar-refractivity contribution is -0.145. The molecule has 0 atom stereocenters. The highest BCUT2D eigenvalue weighted by molar-refractivity contribution is 7.92. The summed E-state index contributed by atoms with van der Waals surface area (Å²) in [6.45, 7) is 1.74. The summed E-state index contributed by atoms with van der Waals surface area (Å²) in [5.41, 5.74) is 0.338. The zero-order valence-electron chi connectivity index (χ0n) is 14.7. The first-order valence-corrected chi connectivity index (χ1v) is 9.86. The minimum atomic E-state index is -3.76. The van der Waals surface area contributed by atoms with E-state index in [1.165, 1.54) is 6.07 Å². The molecule has 3 aromatic carbocycles. The van der Waals surface area contributed by atoms with Crippen molar-refractivity contribution < 1.29 is 22.7 Å². The summed E-state index contributed by atoms with van der Waals surface area (Å²) < 4.78 is 38.0. The maximum Gasteiger partial charge on any atom is 0.344 e. The fourth-order valence-electron chi connectivity index (χ4n) is 2.54. The standard InChI is InChI=1S/C20H19NO5S/c1-2-25-20(22)14-26-18-9-5-8-17(13-18)21-27(23,24)19-11-10-15-6-3-4-7-16(15)12-19/h3-13,21H,2,14H2,1H3. The number of rotatable bonds is 7. The number of carbonyl (C=O) groups is 1. The number of sulfonamides is 1. The molecule has 0 aliphatic rings. The lowest BCUT2D eigenvalue weighted by Crippen LogP contribution is -2.15. The van der Waals surface area contributed by atoms with E-state index in [9.17, 15) is 13.2 Å². The molecule has 0 heterocycles. The summed E-state index contributed by atoms with van der Waals surface area (Å²) in [7, 11) is -3.76. The first-order valence-electron chi connectivity index (χ1n) is 8.38. The average Bonchev–Trinajstić information content (AvgIpc) is 2.66. The molecule has 0 saturated carbocycles. The van der Waals surface area contributed by atoms with Gasteiger partial charge in [-0.3, -0.25) is 4.72 Å². The Kier molecular flexibility index (Phi) is 5.61. The summed E-state index contributed by atoms with van der Waals surface area (Å²) >= 11 is 0. The van der Waals surface area contributed by atoms with Crippen LogP contribution >= 0.6 is 0 Å². The molecule has 0 saturated heterocycles. The van der Waals surface area contributed by atoms with Crippen LogP contribution in [-0.4, -0.2) is 27.6 Å². The van der Waals surface area contributed by atoms with Gasteiger partial charge in [-0.1, -0.05) is 36.4 Å². The van der Waals surface area contributed by atoms with Gasteiger partial charge in [0, 0.05) is 6.07 Å². The predicted octanol–water partition coefficient (Wildman–Crippen LogP) is 3.58. The third-order valence-electron chi connectivity index (χ3n) is 3.78. The average molecular weight is 385 g/mol. The Morgan fingerprint density at radius 1 is 0.963 bits per heavy atom. The number of esters is 1. The molecule has 0 radical (unpaired) electrons. The maximum atomic E-state index is 12.7. The molecule has 0 unspecified atom stereocenters. The maximum absolute atomic E-state index is 12.7. The van der Waals surface area contributed by atoms with E-state index in [-0.39, 0.29) is 18.1 Å². The van der Waals surface area contributed by atoms with E-state index in [1.54, 1.807) is 43.3 Å². The van der Waals surface area contributed by atoms with Gasteiger partial charge in [-0.15, -0.1) is 0 Å². The largest absolute Gasteiger partial charge is 0.482 e. The normalized spacial score (nSPS) is 11.1. The van der Waals surface area contributed by atoms with E-state index in [2.05, 4.69) is 4.72 Å². The van der Waals surface area contributed by atoms with Crippen molar-refractivity contribution >= 4 is 32.5 Å². The number of anilines is 1. The molecule has 7 heteroatoms. The van der Waals surface area contributed by atoms with E-state index in [1.807, 2.05) is 24.3 Å². The Bertz CT molecular complexity index is 1060. The van der Waals surface area contributed by atoms with E-state index in [0.29, 0.717) is 11.4 Å². The molecule has 0 amide bonds. The Labute approximate surface area is 157 Å². The zero-order chi connectivity index (χ0) is 19.3. The highest BCUT2D eigenvalue weighted by Gasteiger charge is 2.15. The van der Waals surface area contributed by atoms with Crippen LogP contribution in [0.15, 0.2) is 71.6 Å². The van der Waals surface area contributed by atoms with Gasteiger partial charge < -0.3 is 9.47 Å². The molecule has 0 bridgehead atoms.